The van der Waals surface area contributed by atoms with Crippen LogP contribution in [0.15, 0.2) is 47.4 Å². The highest BCUT2D eigenvalue weighted by Crippen LogP contribution is 2.27. The Morgan fingerprint density at radius 1 is 1.12 bits per heavy atom. The third-order valence-electron chi connectivity index (χ3n) is 4.20. The van der Waals surface area contributed by atoms with Gasteiger partial charge in [0.2, 0.25) is 15.9 Å². The average molecular weight is 360 g/mol. The molecule has 1 aliphatic rings. The Morgan fingerprint density at radius 3 is 2.48 bits per heavy atom. The SMILES string of the molecule is COc1ccc(S(=O)(=O)N2CCc3ccc(NC(C)=O)cc3C2)cc1. The summed E-state index contributed by atoms with van der Waals surface area (Å²) in [5, 5.41) is 2.73. The van der Waals surface area contributed by atoms with Crippen LogP contribution >= 0.6 is 0 Å². The lowest BCUT2D eigenvalue weighted by molar-refractivity contribution is -0.114. The van der Waals surface area contributed by atoms with E-state index in [1.165, 1.54) is 18.3 Å². The van der Waals surface area contributed by atoms with Crippen molar-refractivity contribution >= 4 is 21.6 Å². The third kappa shape index (κ3) is 3.67. The zero-order valence-corrected chi connectivity index (χ0v) is 15.0. The van der Waals surface area contributed by atoms with Gasteiger partial charge in [-0.1, -0.05) is 6.07 Å². The first-order chi connectivity index (χ1) is 11.9. The molecule has 1 heterocycles. The molecule has 1 aliphatic heterocycles. The van der Waals surface area contributed by atoms with Gasteiger partial charge in [0.15, 0.2) is 0 Å². The van der Waals surface area contributed by atoms with Gasteiger partial charge in [-0.15, -0.1) is 0 Å². The molecule has 3 rings (SSSR count). The first kappa shape index (κ1) is 17.4. The van der Waals surface area contributed by atoms with Gasteiger partial charge in [0.1, 0.15) is 5.75 Å². The number of nitrogens with zero attached hydrogens (tertiary/aromatic N) is 1. The number of ether oxygens (including phenoxy) is 1. The van der Waals surface area contributed by atoms with E-state index >= 15 is 0 Å². The van der Waals surface area contributed by atoms with Crippen LogP contribution in [0.25, 0.3) is 0 Å². The van der Waals surface area contributed by atoms with E-state index in [9.17, 15) is 13.2 Å². The molecule has 0 aliphatic carbocycles. The highest BCUT2D eigenvalue weighted by molar-refractivity contribution is 7.89. The summed E-state index contributed by atoms with van der Waals surface area (Å²) in [6, 6.07) is 12.0. The normalized spacial score (nSPS) is 14.6. The van der Waals surface area contributed by atoms with Crippen LogP contribution in [0.1, 0.15) is 18.1 Å². The minimum atomic E-state index is -3.58. The molecule has 1 N–H and O–H groups in total. The Hall–Kier alpha value is -2.38. The Kier molecular flexibility index (Phi) is 4.78. The molecule has 0 radical (unpaired) electrons. The van der Waals surface area contributed by atoms with E-state index in [1.807, 2.05) is 18.2 Å². The summed E-state index contributed by atoms with van der Waals surface area (Å²) in [7, 11) is -2.04. The van der Waals surface area contributed by atoms with E-state index in [2.05, 4.69) is 5.32 Å². The van der Waals surface area contributed by atoms with Gasteiger partial charge in [0.25, 0.3) is 0 Å². The molecule has 0 atom stereocenters. The maximum absolute atomic E-state index is 12.9. The number of fused-ring (bicyclic) bond motifs is 1. The molecule has 0 saturated heterocycles. The van der Waals surface area contributed by atoms with Crippen molar-refractivity contribution in [3.05, 3.63) is 53.6 Å². The summed E-state index contributed by atoms with van der Waals surface area (Å²) < 4.78 is 32.3. The molecule has 25 heavy (non-hydrogen) atoms. The maximum Gasteiger partial charge on any atom is 0.243 e. The zero-order valence-electron chi connectivity index (χ0n) is 14.2. The second-order valence-corrected chi connectivity index (χ2v) is 7.87. The number of nitrogens with one attached hydrogen (secondary N) is 1. The minimum absolute atomic E-state index is 0.154. The van der Waals surface area contributed by atoms with Crippen LogP contribution in [-0.4, -0.2) is 32.3 Å². The quantitative estimate of drug-likeness (QED) is 0.908. The van der Waals surface area contributed by atoms with Crippen molar-refractivity contribution < 1.29 is 17.9 Å². The number of benzene rings is 2. The number of carbonyl (C=O) groups excluding carboxylic acids is 1. The molecule has 0 spiro atoms. The molecule has 7 heteroatoms. The minimum Gasteiger partial charge on any atom is -0.497 e. The molecular weight excluding hydrogens is 340 g/mol. The van der Waals surface area contributed by atoms with Crippen LogP contribution in [-0.2, 0) is 27.8 Å². The first-order valence-electron chi connectivity index (χ1n) is 7.94. The topological polar surface area (TPSA) is 75.7 Å². The lowest BCUT2D eigenvalue weighted by Gasteiger charge is -2.28. The fraction of sp³-hybridized carbons (Fsp3) is 0.278. The zero-order chi connectivity index (χ0) is 18.0. The standard InChI is InChI=1S/C18H20N2O4S/c1-13(21)19-16-4-3-14-9-10-20(12-15(14)11-16)25(22,23)18-7-5-17(24-2)6-8-18/h3-8,11H,9-10,12H2,1-2H3,(H,19,21). The molecule has 1 amide bonds. The monoisotopic (exact) mass is 360 g/mol. The van der Waals surface area contributed by atoms with Crippen molar-refractivity contribution in [2.75, 3.05) is 19.0 Å². The number of hydrogen-bond acceptors (Lipinski definition) is 4. The van der Waals surface area contributed by atoms with Gasteiger partial charge in [-0.2, -0.15) is 4.31 Å². The third-order valence-corrected chi connectivity index (χ3v) is 6.06. The number of anilines is 1. The number of hydrogen-bond donors (Lipinski definition) is 1. The van der Waals surface area contributed by atoms with Gasteiger partial charge in [-0.25, -0.2) is 8.42 Å². The molecule has 2 aromatic carbocycles. The van der Waals surface area contributed by atoms with Crippen LogP contribution in [0.4, 0.5) is 5.69 Å². The number of rotatable bonds is 4. The van der Waals surface area contributed by atoms with E-state index in [-0.39, 0.29) is 17.3 Å². The van der Waals surface area contributed by atoms with Crippen molar-refractivity contribution in [1.29, 1.82) is 0 Å². The predicted molar refractivity (Wildman–Crippen MR) is 95.0 cm³/mol. The van der Waals surface area contributed by atoms with Gasteiger partial charge in [0, 0.05) is 25.7 Å². The van der Waals surface area contributed by atoms with E-state index in [1.54, 1.807) is 24.3 Å². The lowest BCUT2D eigenvalue weighted by atomic mass is 10.0. The summed E-state index contributed by atoms with van der Waals surface area (Å²) >= 11 is 0. The summed E-state index contributed by atoms with van der Waals surface area (Å²) in [4.78, 5) is 11.5. The molecule has 0 fully saturated rings. The van der Waals surface area contributed by atoms with Crippen molar-refractivity contribution in [2.24, 2.45) is 0 Å². The highest BCUT2D eigenvalue weighted by atomic mass is 32.2. The van der Waals surface area contributed by atoms with Crippen molar-refractivity contribution in [3.63, 3.8) is 0 Å². The molecule has 0 aromatic heterocycles. The smallest absolute Gasteiger partial charge is 0.243 e. The largest absolute Gasteiger partial charge is 0.497 e. The average Bonchev–Trinajstić information content (AvgIpc) is 2.60. The molecular formula is C18H20N2O4S. The van der Waals surface area contributed by atoms with Crippen molar-refractivity contribution in [2.45, 2.75) is 24.8 Å². The van der Waals surface area contributed by atoms with E-state index in [4.69, 9.17) is 4.74 Å². The fourth-order valence-corrected chi connectivity index (χ4v) is 4.33. The summed E-state index contributed by atoms with van der Waals surface area (Å²) in [6.07, 6.45) is 0.644. The van der Waals surface area contributed by atoms with Crippen LogP contribution in [0.3, 0.4) is 0 Å². The summed E-state index contributed by atoms with van der Waals surface area (Å²) in [5.74, 6) is 0.460. The van der Waals surface area contributed by atoms with Gasteiger partial charge in [0.05, 0.1) is 12.0 Å². The number of amides is 1. The van der Waals surface area contributed by atoms with Crippen molar-refractivity contribution in [1.82, 2.24) is 4.31 Å². The van der Waals surface area contributed by atoms with E-state index in [0.717, 1.165) is 11.1 Å². The van der Waals surface area contributed by atoms with Gasteiger partial charge >= 0.3 is 0 Å². The fourth-order valence-electron chi connectivity index (χ4n) is 2.91. The van der Waals surface area contributed by atoms with Gasteiger partial charge in [-0.05, 0) is 53.9 Å². The maximum atomic E-state index is 12.9. The van der Waals surface area contributed by atoms with E-state index in [0.29, 0.717) is 24.4 Å². The van der Waals surface area contributed by atoms with Crippen LogP contribution < -0.4 is 10.1 Å². The van der Waals surface area contributed by atoms with Gasteiger partial charge < -0.3 is 10.1 Å². The Balaban J connectivity index is 1.86. The van der Waals surface area contributed by atoms with E-state index < -0.39 is 10.0 Å². The number of sulfonamides is 1. The second-order valence-electron chi connectivity index (χ2n) is 5.93. The number of carbonyl (C=O) groups is 1. The first-order valence-corrected chi connectivity index (χ1v) is 9.38. The predicted octanol–water partition coefficient (Wildman–Crippen LogP) is 2.40. The van der Waals surface area contributed by atoms with Crippen LogP contribution in [0, 0.1) is 0 Å². The van der Waals surface area contributed by atoms with Gasteiger partial charge in [-0.3, -0.25) is 4.79 Å². The molecule has 132 valence electrons. The van der Waals surface area contributed by atoms with Crippen LogP contribution in [0.2, 0.25) is 0 Å². The summed E-state index contributed by atoms with van der Waals surface area (Å²) in [6.45, 7) is 2.16. The molecule has 0 bridgehead atoms. The summed E-state index contributed by atoms with van der Waals surface area (Å²) in [5.41, 5.74) is 2.69. The molecule has 0 unspecified atom stereocenters. The lowest BCUT2D eigenvalue weighted by Crippen LogP contribution is -2.36. The molecule has 2 aromatic rings. The highest BCUT2D eigenvalue weighted by Gasteiger charge is 2.28. The second kappa shape index (κ2) is 6.85. The molecule has 6 nitrogen and oxygen atoms in total. The Morgan fingerprint density at radius 2 is 1.84 bits per heavy atom. The van der Waals surface area contributed by atoms with Crippen molar-refractivity contribution in [3.8, 4) is 5.75 Å². The number of methoxy groups -OCH3 is 1. The molecule has 0 saturated carbocycles. The Bertz CT molecular complexity index is 892. The van der Waals surface area contributed by atoms with Crippen LogP contribution in [0.5, 0.6) is 5.75 Å². The Labute approximate surface area is 147 Å².